The number of pyridine rings is 3. The second-order valence-electron chi connectivity index (χ2n) is 4.27. The SMILES string of the molecule is Nc1cc(-c2ccc(F)nc2)cc(-c2ccncc2)n1. The highest BCUT2D eigenvalue weighted by Crippen LogP contribution is 2.26. The molecular formula is C15H11FN4. The Hall–Kier alpha value is -2.82. The number of hydrogen-bond acceptors (Lipinski definition) is 4. The van der Waals surface area contributed by atoms with Crippen molar-refractivity contribution in [1.82, 2.24) is 15.0 Å². The maximum atomic E-state index is 12.9. The summed E-state index contributed by atoms with van der Waals surface area (Å²) in [5, 5.41) is 0. The lowest BCUT2D eigenvalue weighted by Crippen LogP contribution is -1.94. The largest absolute Gasteiger partial charge is 0.384 e. The van der Waals surface area contributed by atoms with Crippen LogP contribution in [0, 0.1) is 5.95 Å². The molecule has 0 saturated carbocycles. The van der Waals surface area contributed by atoms with Crippen LogP contribution in [0.4, 0.5) is 10.2 Å². The minimum Gasteiger partial charge on any atom is -0.384 e. The van der Waals surface area contributed by atoms with E-state index >= 15 is 0 Å². The van der Waals surface area contributed by atoms with Crippen LogP contribution in [-0.4, -0.2) is 15.0 Å². The summed E-state index contributed by atoms with van der Waals surface area (Å²) in [4.78, 5) is 11.9. The van der Waals surface area contributed by atoms with Crippen LogP contribution < -0.4 is 5.73 Å². The average Bonchev–Trinajstić information content (AvgIpc) is 2.48. The number of nitrogen functional groups attached to an aromatic ring is 1. The van der Waals surface area contributed by atoms with Gasteiger partial charge in [-0.2, -0.15) is 4.39 Å². The van der Waals surface area contributed by atoms with Crippen LogP contribution in [0.3, 0.4) is 0 Å². The van der Waals surface area contributed by atoms with Gasteiger partial charge in [0.25, 0.3) is 0 Å². The Balaban J connectivity index is 2.09. The molecule has 0 radical (unpaired) electrons. The third-order valence-electron chi connectivity index (χ3n) is 2.88. The smallest absolute Gasteiger partial charge is 0.212 e. The summed E-state index contributed by atoms with van der Waals surface area (Å²) >= 11 is 0. The summed E-state index contributed by atoms with van der Waals surface area (Å²) in [6.45, 7) is 0. The molecule has 0 atom stereocenters. The molecule has 3 aromatic heterocycles. The lowest BCUT2D eigenvalue weighted by atomic mass is 10.1. The lowest BCUT2D eigenvalue weighted by molar-refractivity contribution is 0.584. The van der Waals surface area contributed by atoms with Gasteiger partial charge in [0.2, 0.25) is 5.95 Å². The molecule has 3 rings (SSSR count). The van der Waals surface area contributed by atoms with Crippen LogP contribution in [0.25, 0.3) is 22.4 Å². The van der Waals surface area contributed by atoms with Crippen LogP contribution in [0.2, 0.25) is 0 Å². The maximum absolute atomic E-state index is 12.9. The molecule has 0 amide bonds. The van der Waals surface area contributed by atoms with E-state index in [9.17, 15) is 4.39 Å². The highest BCUT2D eigenvalue weighted by atomic mass is 19.1. The van der Waals surface area contributed by atoms with Gasteiger partial charge in [-0.1, -0.05) is 0 Å². The van der Waals surface area contributed by atoms with Crippen molar-refractivity contribution in [3.63, 3.8) is 0 Å². The van der Waals surface area contributed by atoms with E-state index in [0.717, 1.165) is 22.4 Å². The first-order valence-electron chi connectivity index (χ1n) is 6.02. The lowest BCUT2D eigenvalue weighted by Gasteiger charge is -2.07. The molecule has 0 bridgehead atoms. The number of nitrogens with zero attached hydrogens (tertiary/aromatic N) is 3. The van der Waals surface area contributed by atoms with E-state index in [0.29, 0.717) is 5.82 Å². The highest BCUT2D eigenvalue weighted by Gasteiger charge is 2.06. The van der Waals surface area contributed by atoms with Gasteiger partial charge in [0.15, 0.2) is 0 Å². The minimum absolute atomic E-state index is 0.402. The third kappa shape index (κ3) is 2.47. The molecule has 3 aromatic rings. The first kappa shape index (κ1) is 12.2. The molecule has 2 N–H and O–H groups in total. The maximum Gasteiger partial charge on any atom is 0.212 e. The summed E-state index contributed by atoms with van der Waals surface area (Å²) in [6, 6.07) is 10.3. The summed E-state index contributed by atoms with van der Waals surface area (Å²) in [5.74, 6) is -0.108. The zero-order valence-corrected chi connectivity index (χ0v) is 10.5. The van der Waals surface area contributed by atoms with E-state index in [4.69, 9.17) is 5.73 Å². The second-order valence-corrected chi connectivity index (χ2v) is 4.27. The van der Waals surface area contributed by atoms with Crippen molar-refractivity contribution in [3.8, 4) is 22.4 Å². The molecule has 0 aromatic carbocycles. The summed E-state index contributed by atoms with van der Waals surface area (Å²) in [7, 11) is 0. The van der Waals surface area contributed by atoms with Gasteiger partial charge in [-0.05, 0) is 42.0 Å². The van der Waals surface area contributed by atoms with Gasteiger partial charge < -0.3 is 5.73 Å². The predicted octanol–water partition coefficient (Wildman–Crippen LogP) is 2.93. The van der Waals surface area contributed by atoms with E-state index in [-0.39, 0.29) is 0 Å². The Bertz CT molecular complexity index is 727. The van der Waals surface area contributed by atoms with Crippen LogP contribution >= 0.6 is 0 Å². The minimum atomic E-state index is -0.509. The average molecular weight is 266 g/mol. The Morgan fingerprint density at radius 3 is 2.40 bits per heavy atom. The molecular weight excluding hydrogens is 255 g/mol. The van der Waals surface area contributed by atoms with Crippen molar-refractivity contribution in [2.45, 2.75) is 0 Å². The van der Waals surface area contributed by atoms with E-state index in [1.165, 1.54) is 12.3 Å². The molecule has 0 spiro atoms. The molecule has 0 aliphatic heterocycles. The molecule has 0 unspecified atom stereocenters. The summed E-state index contributed by atoms with van der Waals surface area (Å²) in [6.07, 6.45) is 4.86. The summed E-state index contributed by atoms with van der Waals surface area (Å²) in [5.41, 5.74) is 9.14. The molecule has 3 heterocycles. The number of nitrogens with two attached hydrogens (primary N) is 1. The summed E-state index contributed by atoms with van der Waals surface area (Å²) < 4.78 is 12.9. The van der Waals surface area contributed by atoms with Gasteiger partial charge >= 0.3 is 0 Å². The van der Waals surface area contributed by atoms with Crippen molar-refractivity contribution in [2.24, 2.45) is 0 Å². The zero-order valence-electron chi connectivity index (χ0n) is 10.5. The van der Waals surface area contributed by atoms with Gasteiger partial charge in [0.1, 0.15) is 5.82 Å². The fraction of sp³-hybridized carbons (Fsp3) is 0. The molecule has 0 saturated heterocycles. The van der Waals surface area contributed by atoms with Gasteiger partial charge in [0, 0.05) is 29.7 Å². The van der Waals surface area contributed by atoms with E-state index < -0.39 is 5.95 Å². The second kappa shape index (κ2) is 5.05. The van der Waals surface area contributed by atoms with E-state index in [1.54, 1.807) is 24.5 Å². The number of rotatable bonds is 2. The number of aromatic nitrogens is 3. The molecule has 0 fully saturated rings. The first-order chi connectivity index (χ1) is 9.72. The van der Waals surface area contributed by atoms with Crippen LogP contribution in [0.1, 0.15) is 0 Å². The van der Waals surface area contributed by atoms with E-state index in [2.05, 4.69) is 15.0 Å². The molecule has 20 heavy (non-hydrogen) atoms. The van der Waals surface area contributed by atoms with Crippen molar-refractivity contribution < 1.29 is 4.39 Å². The van der Waals surface area contributed by atoms with Gasteiger partial charge in [0.05, 0.1) is 5.69 Å². The van der Waals surface area contributed by atoms with Crippen LogP contribution in [0.15, 0.2) is 55.0 Å². The van der Waals surface area contributed by atoms with Crippen molar-refractivity contribution >= 4 is 5.82 Å². The predicted molar refractivity (Wildman–Crippen MR) is 75.1 cm³/mol. The molecule has 5 heteroatoms. The number of halogens is 1. The van der Waals surface area contributed by atoms with Crippen molar-refractivity contribution in [3.05, 3.63) is 60.9 Å². The third-order valence-corrected chi connectivity index (χ3v) is 2.88. The molecule has 0 aliphatic carbocycles. The topological polar surface area (TPSA) is 64.7 Å². The van der Waals surface area contributed by atoms with Gasteiger partial charge in [-0.25, -0.2) is 9.97 Å². The molecule has 98 valence electrons. The Morgan fingerprint density at radius 2 is 1.70 bits per heavy atom. The quantitative estimate of drug-likeness (QED) is 0.724. The molecule has 4 nitrogen and oxygen atoms in total. The van der Waals surface area contributed by atoms with Gasteiger partial charge in [-0.3, -0.25) is 4.98 Å². The normalized spacial score (nSPS) is 10.4. The Labute approximate surface area is 115 Å². The van der Waals surface area contributed by atoms with E-state index in [1.807, 2.05) is 18.2 Å². The highest BCUT2D eigenvalue weighted by molar-refractivity contribution is 5.72. The fourth-order valence-corrected chi connectivity index (χ4v) is 1.94. The number of anilines is 1. The van der Waals surface area contributed by atoms with Crippen molar-refractivity contribution in [2.75, 3.05) is 5.73 Å². The Morgan fingerprint density at radius 1 is 0.900 bits per heavy atom. The van der Waals surface area contributed by atoms with Crippen LogP contribution in [-0.2, 0) is 0 Å². The van der Waals surface area contributed by atoms with Crippen molar-refractivity contribution in [1.29, 1.82) is 0 Å². The standard InChI is InChI=1S/C15H11FN4/c16-14-2-1-11(9-19-14)12-7-13(20-15(17)8-12)10-3-5-18-6-4-10/h1-9H,(H2,17,20). The first-order valence-corrected chi connectivity index (χ1v) is 6.02. The number of hydrogen-bond donors (Lipinski definition) is 1. The van der Waals surface area contributed by atoms with Crippen LogP contribution in [0.5, 0.6) is 0 Å². The fourth-order valence-electron chi connectivity index (χ4n) is 1.94. The zero-order chi connectivity index (χ0) is 13.9. The monoisotopic (exact) mass is 266 g/mol. The Kier molecular flexibility index (Phi) is 3.09. The van der Waals surface area contributed by atoms with Gasteiger partial charge in [-0.15, -0.1) is 0 Å². The molecule has 0 aliphatic rings.